The van der Waals surface area contributed by atoms with E-state index in [2.05, 4.69) is 4.98 Å². The lowest BCUT2D eigenvalue weighted by Gasteiger charge is -2.09. The van der Waals surface area contributed by atoms with Crippen LogP contribution in [0, 0.1) is 10.1 Å². The SMILES string of the molecule is O=[N+]([O-])c1ccccc1OCc1ccc(Cl)c2cccnc12. The predicted molar refractivity (Wildman–Crippen MR) is 84.2 cm³/mol. The molecule has 5 nitrogen and oxygen atoms in total. The van der Waals surface area contributed by atoms with E-state index in [-0.39, 0.29) is 18.0 Å². The number of pyridine rings is 1. The molecule has 0 aliphatic heterocycles. The van der Waals surface area contributed by atoms with Gasteiger partial charge in [0.2, 0.25) is 0 Å². The molecule has 1 aromatic heterocycles. The van der Waals surface area contributed by atoms with Gasteiger partial charge in [0.05, 0.1) is 10.4 Å². The van der Waals surface area contributed by atoms with Crippen molar-refractivity contribution in [2.75, 3.05) is 0 Å². The third kappa shape index (κ3) is 2.71. The van der Waals surface area contributed by atoms with Crippen LogP contribution in [-0.4, -0.2) is 9.91 Å². The molecule has 0 fully saturated rings. The second kappa shape index (κ2) is 5.99. The molecule has 0 bridgehead atoms. The number of fused-ring (bicyclic) bond motifs is 1. The van der Waals surface area contributed by atoms with Crippen molar-refractivity contribution in [3.63, 3.8) is 0 Å². The zero-order valence-corrected chi connectivity index (χ0v) is 12.2. The van der Waals surface area contributed by atoms with Crippen LogP contribution in [0.1, 0.15) is 5.56 Å². The molecule has 110 valence electrons. The van der Waals surface area contributed by atoms with Crippen molar-refractivity contribution in [3.05, 3.63) is 75.4 Å². The lowest BCUT2D eigenvalue weighted by atomic mass is 10.1. The van der Waals surface area contributed by atoms with Gasteiger partial charge in [-0.25, -0.2) is 0 Å². The van der Waals surface area contributed by atoms with Gasteiger partial charge in [0.25, 0.3) is 0 Å². The molecule has 3 aromatic rings. The van der Waals surface area contributed by atoms with Crippen molar-refractivity contribution < 1.29 is 9.66 Å². The average Bonchev–Trinajstić information content (AvgIpc) is 2.55. The maximum absolute atomic E-state index is 11.0. The Hall–Kier alpha value is -2.66. The Kier molecular flexibility index (Phi) is 3.89. The van der Waals surface area contributed by atoms with Gasteiger partial charge >= 0.3 is 5.69 Å². The molecular formula is C16H11ClN2O3. The number of nitro benzene ring substituents is 1. The minimum absolute atomic E-state index is 0.0614. The van der Waals surface area contributed by atoms with Gasteiger partial charge in [-0.15, -0.1) is 0 Å². The topological polar surface area (TPSA) is 65.3 Å². The molecule has 2 aromatic carbocycles. The predicted octanol–water partition coefficient (Wildman–Crippen LogP) is 4.38. The van der Waals surface area contributed by atoms with E-state index in [4.69, 9.17) is 16.3 Å². The van der Waals surface area contributed by atoms with Crippen LogP contribution in [0.5, 0.6) is 5.75 Å². The highest BCUT2D eigenvalue weighted by atomic mass is 35.5. The first-order valence-corrected chi connectivity index (χ1v) is 6.93. The quantitative estimate of drug-likeness (QED) is 0.529. The van der Waals surface area contributed by atoms with Crippen LogP contribution in [0.25, 0.3) is 10.9 Å². The third-order valence-corrected chi connectivity index (χ3v) is 3.57. The van der Waals surface area contributed by atoms with E-state index in [0.29, 0.717) is 5.02 Å². The van der Waals surface area contributed by atoms with Gasteiger partial charge in [-0.3, -0.25) is 15.1 Å². The monoisotopic (exact) mass is 314 g/mol. The molecule has 0 unspecified atom stereocenters. The first kappa shape index (κ1) is 14.3. The number of hydrogen-bond donors (Lipinski definition) is 0. The van der Waals surface area contributed by atoms with Crippen LogP contribution < -0.4 is 4.74 Å². The smallest absolute Gasteiger partial charge is 0.310 e. The number of aromatic nitrogens is 1. The van der Waals surface area contributed by atoms with Crippen molar-refractivity contribution in [1.29, 1.82) is 0 Å². The van der Waals surface area contributed by atoms with E-state index in [1.807, 2.05) is 12.1 Å². The largest absolute Gasteiger partial charge is 0.482 e. The van der Waals surface area contributed by atoms with Crippen LogP contribution in [0.2, 0.25) is 5.02 Å². The Morgan fingerprint density at radius 2 is 1.95 bits per heavy atom. The molecule has 22 heavy (non-hydrogen) atoms. The lowest BCUT2D eigenvalue weighted by molar-refractivity contribution is -0.385. The van der Waals surface area contributed by atoms with Crippen molar-refractivity contribution in [3.8, 4) is 5.75 Å². The lowest BCUT2D eigenvalue weighted by Crippen LogP contribution is -2.00. The minimum atomic E-state index is -0.465. The molecule has 0 aliphatic rings. The summed E-state index contributed by atoms with van der Waals surface area (Å²) in [5.74, 6) is 0.228. The Morgan fingerprint density at radius 3 is 2.77 bits per heavy atom. The normalized spacial score (nSPS) is 10.6. The summed E-state index contributed by atoms with van der Waals surface area (Å²) in [5, 5.41) is 12.4. The van der Waals surface area contributed by atoms with Crippen molar-refractivity contribution >= 4 is 28.2 Å². The fourth-order valence-electron chi connectivity index (χ4n) is 2.20. The molecule has 0 spiro atoms. The van der Waals surface area contributed by atoms with E-state index < -0.39 is 4.92 Å². The zero-order chi connectivity index (χ0) is 15.5. The van der Waals surface area contributed by atoms with Gasteiger partial charge in [-0.2, -0.15) is 0 Å². The number of rotatable bonds is 4. The van der Waals surface area contributed by atoms with Gasteiger partial charge < -0.3 is 4.74 Å². The van der Waals surface area contributed by atoms with E-state index in [0.717, 1.165) is 16.5 Å². The number of para-hydroxylation sites is 2. The Balaban J connectivity index is 1.92. The summed E-state index contributed by atoms with van der Waals surface area (Å²) in [5.41, 5.74) is 1.49. The standard InChI is InChI=1S/C16H11ClN2O3/c17-13-8-7-11(16-12(13)4-3-9-18-16)10-22-15-6-2-1-5-14(15)19(20)21/h1-9H,10H2. The summed E-state index contributed by atoms with van der Waals surface area (Å²) < 4.78 is 5.61. The summed E-state index contributed by atoms with van der Waals surface area (Å²) in [6, 6.07) is 13.5. The van der Waals surface area contributed by atoms with Crippen molar-refractivity contribution in [2.45, 2.75) is 6.61 Å². The fraction of sp³-hybridized carbons (Fsp3) is 0.0625. The minimum Gasteiger partial charge on any atom is -0.482 e. The van der Waals surface area contributed by atoms with Crippen LogP contribution in [0.15, 0.2) is 54.7 Å². The summed E-state index contributed by atoms with van der Waals surface area (Å²) in [6.07, 6.45) is 1.67. The highest BCUT2D eigenvalue weighted by molar-refractivity contribution is 6.35. The summed E-state index contributed by atoms with van der Waals surface area (Å²) in [7, 11) is 0. The van der Waals surface area contributed by atoms with Crippen LogP contribution >= 0.6 is 11.6 Å². The fourth-order valence-corrected chi connectivity index (χ4v) is 2.41. The second-order valence-electron chi connectivity index (χ2n) is 4.62. The van der Waals surface area contributed by atoms with Crippen LogP contribution in [0.4, 0.5) is 5.69 Å². The molecule has 0 saturated carbocycles. The Labute approximate surface area is 131 Å². The van der Waals surface area contributed by atoms with E-state index >= 15 is 0 Å². The molecular weight excluding hydrogens is 304 g/mol. The average molecular weight is 315 g/mol. The Morgan fingerprint density at radius 1 is 1.14 bits per heavy atom. The number of nitro groups is 1. The molecule has 0 amide bonds. The second-order valence-corrected chi connectivity index (χ2v) is 5.03. The van der Waals surface area contributed by atoms with Crippen LogP contribution in [-0.2, 0) is 6.61 Å². The highest BCUT2D eigenvalue weighted by Gasteiger charge is 2.14. The van der Waals surface area contributed by atoms with Crippen molar-refractivity contribution in [2.24, 2.45) is 0 Å². The number of nitrogens with zero attached hydrogens (tertiary/aromatic N) is 2. The molecule has 0 aliphatic carbocycles. The van der Waals surface area contributed by atoms with E-state index in [1.54, 1.807) is 36.5 Å². The maximum Gasteiger partial charge on any atom is 0.310 e. The van der Waals surface area contributed by atoms with Crippen molar-refractivity contribution in [1.82, 2.24) is 4.98 Å². The number of ether oxygens (including phenoxy) is 1. The maximum atomic E-state index is 11.0. The van der Waals surface area contributed by atoms with Crippen LogP contribution in [0.3, 0.4) is 0 Å². The van der Waals surface area contributed by atoms with E-state index in [1.165, 1.54) is 6.07 Å². The van der Waals surface area contributed by atoms with E-state index in [9.17, 15) is 10.1 Å². The first-order chi connectivity index (χ1) is 10.7. The van der Waals surface area contributed by atoms with Gasteiger partial charge in [-0.05, 0) is 24.3 Å². The molecule has 3 rings (SSSR count). The van der Waals surface area contributed by atoms with Gasteiger partial charge in [0, 0.05) is 28.2 Å². The summed E-state index contributed by atoms with van der Waals surface area (Å²) >= 11 is 6.14. The van der Waals surface area contributed by atoms with Gasteiger partial charge in [0.1, 0.15) is 6.61 Å². The number of benzene rings is 2. The first-order valence-electron chi connectivity index (χ1n) is 6.55. The third-order valence-electron chi connectivity index (χ3n) is 3.25. The summed E-state index contributed by atoms with van der Waals surface area (Å²) in [6.45, 7) is 0.176. The molecule has 0 radical (unpaired) electrons. The van der Waals surface area contributed by atoms with Gasteiger partial charge in [0.15, 0.2) is 5.75 Å². The molecule has 1 heterocycles. The molecule has 0 N–H and O–H groups in total. The highest BCUT2D eigenvalue weighted by Crippen LogP contribution is 2.29. The zero-order valence-electron chi connectivity index (χ0n) is 11.4. The summed E-state index contributed by atoms with van der Waals surface area (Å²) in [4.78, 5) is 14.8. The number of hydrogen-bond acceptors (Lipinski definition) is 4. The Bertz CT molecular complexity index is 852. The van der Waals surface area contributed by atoms with Gasteiger partial charge in [-0.1, -0.05) is 29.8 Å². The molecule has 0 saturated heterocycles. The molecule has 0 atom stereocenters. The molecule has 6 heteroatoms. The number of halogens is 1.